The van der Waals surface area contributed by atoms with Crippen LogP contribution in [0.25, 0.3) is 0 Å². The van der Waals surface area contributed by atoms with Crippen molar-refractivity contribution in [2.75, 3.05) is 31.2 Å². The molecule has 0 radical (unpaired) electrons. The molecule has 0 spiro atoms. The highest BCUT2D eigenvalue weighted by Gasteiger charge is 2.28. The molecule has 1 fully saturated rings. The topological polar surface area (TPSA) is 44.7 Å². The van der Waals surface area contributed by atoms with E-state index in [0.717, 1.165) is 24.3 Å². The third-order valence-corrected chi connectivity index (χ3v) is 4.65. The maximum absolute atomic E-state index is 13.3. The van der Waals surface area contributed by atoms with Crippen LogP contribution in [0.4, 0.5) is 10.1 Å². The van der Waals surface area contributed by atoms with Crippen LogP contribution in [0, 0.1) is 5.82 Å². The van der Waals surface area contributed by atoms with Crippen LogP contribution < -0.4 is 15.0 Å². The van der Waals surface area contributed by atoms with E-state index >= 15 is 0 Å². The number of anilines is 1. The van der Waals surface area contributed by atoms with Gasteiger partial charge in [-0.1, -0.05) is 23.7 Å². The molecule has 0 amide bonds. The molecule has 2 aromatic rings. The summed E-state index contributed by atoms with van der Waals surface area (Å²) < 4.78 is 18.7. The van der Waals surface area contributed by atoms with Gasteiger partial charge in [-0.05, 0) is 36.8 Å². The first-order valence-electron chi connectivity index (χ1n) is 8.37. The van der Waals surface area contributed by atoms with Gasteiger partial charge >= 0.3 is 0 Å². The Morgan fingerprint density at radius 1 is 1.28 bits per heavy atom. The van der Waals surface area contributed by atoms with Crippen molar-refractivity contribution < 1.29 is 14.2 Å². The third-order valence-electron chi connectivity index (χ3n) is 4.35. The molecule has 3 rings (SSSR count). The molecular formula is C19H22ClFN2O2. The Hall–Kier alpha value is -1.82. The SMILES string of the molecule is C[C@@H]1CN(c2ccc(OCCO)cc2Cl)C(c2ccc(F)cc2)CN1. The van der Waals surface area contributed by atoms with Crippen molar-refractivity contribution in [1.29, 1.82) is 0 Å². The number of aliphatic hydroxyl groups excluding tert-OH is 1. The summed E-state index contributed by atoms with van der Waals surface area (Å²) in [7, 11) is 0. The van der Waals surface area contributed by atoms with E-state index in [1.807, 2.05) is 24.3 Å². The standard InChI is InChI=1S/C19H22ClFN2O2/c1-13-12-23(18-7-6-16(10-17(18)20)25-9-8-24)19(11-22-13)14-2-4-15(21)5-3-14/h2-7,10,13,19,22,24H,8-9,11-12H2,1H3/t13-,19?/m1/s1. The van der Waals surface area contributed by atoms with E-state index in [4.69, 9.17) is 21.4 Å². The monoisotopic (exact) mass is 364 g/mol. The predicted octanol–water partition coefficient (Wildman–Crippen LogP) is 3.39. The summed E-state index contributed by atoms with van der Waals surface area (Å²) in [5.74, 6) is 0.389. The zero-order valence-corrected chi connectivity index (χ0v) is 14.8. The Kier molecular flexibility index (Phi) is 5.78. The zero-order chi connectivity index (χ0) is 17.8. The van der Waals surface area contributed by atoms with Crippen LogP contribution in [0.3, 0.4) is 0 Å². The number of benzene rings is 2. The number of nitrogens with one attached hydrogen (secondary N) is 1. The third kappa shape index (κ3) is 4.24. The summed E-state index contributed by atoms with van der Waals surface area (Å²) in [5, 5.41) is 12.9. The molecule has 0 bridgehead atoms. The molecule has 25 heavy (non-hydrogen) atoms. The first kappa shape index (κ1) is 18.0. The molecule has 2 aromatic carbocycles. The van der Waals surface area contributed by atoms with E-state index in [2.05, 4.69) is 17.1 Å². The second-order valence-electron chi connectivity index (χ2n) is 6.21. The van der Waals surface area contributed by atoms with Crippen molar-refractivity contribution in [3.8, 4) is 5.75 Å². The summed E-state index contributed by atoms with van der Waals surface area (Å²) in [5.41, 5.74) is 1.96. The molecule has 2 atom stereocenters. The molecule has 1 aliphatic heterocycles. The number of ether oxygens (including phenoxy) is 1. The van der Waals surface area contributed by atoms with Gasteiger partial charge in [0, 0.05) is 25.2 Å². The number of hydrogen-bond donors (Lipinski definition) is 2. The van der Waals surface area contributed by atoms with Crippen LogP contribution in [-0.4, -0.2) is 37.5 Å². The lowest BCUT2D eigenvalue weighted by atomic mass is 10.0. The number of piperazine rings is 1. The van der Waals surface area contributed by atoms with Gasteiger partial charge in [-0.2, -0.15) is 0 Å². The summed E-state index contributed by atoms with van der Waals surface area (Å²) >= 11 is 6.50. The average Bonchev–Trinajstić information content (AvgIpc) is 2.61. The van der Waals surface area contributed by atoms with Crippen molar-refractivity contribution in [2.24, 2.45) is 0 Å². The van der Waals surface area contributed by atoms with E-state index in [1.165, 1.54) is 12.1 Å². The lowest BCUT2D eigenvalue weighted by molar-refractivity contribution is 0.201. The summed E-state index contributed by atoms with van der Waals surface area (Å²) in [6, 6.07) is 12.5. The Labute approximate surface area is 152 Å². The second kappa shape index (κ2) is 8.04. The lowest BCUT2D eigenvalue weighted by Crippen LogP contribution is -2.51. The highest BCUT2D eigenvalue weighted by Crippen LogP contribution is 2.36. The molecule has 1 aliphatic rings. The van der Waals surface area contributed by atoms with Crippen LogP contribution in [0.2, 0.25) is 5.02 Å². The van der Waals surface area contributed by atoms with E-state index in [-0.39, 0.29) is 25.1 Å². The molecule has 6 heteroatoms. The first-order valence-corrected chi connectivity index (χ1v) is 8.75. The summed E-state index contributed by atoms with van der Waals surface area (Å²) in [6.45, 7) is 3.87. The largest absolute Gasteiger partial charge is 0.491 e. The van der Waals surface area contributed by atoms with Gasteiger partial charge in [0.1, 0.15) is 18.2 Å². The van der Waals surface area contributed by atoms with Gasteiger partial charge < -0.3 is 20.1 Å². The average molecular weight is 365 g/mol. The molecule has 1 unspecified atom stereocenters. The van der Waals surface area contributed by atoms with Gasteiger partial charge in [0.15, 0.2) is 0 Å². The molecule has 1 heterocycles. The van der Waals surface area contributed by atoms with Gasteiger partial charge in [-0.3, -0.25) is 0 Å². The fourth-order valence-electron chi connectivity index (χ4n) is 3.13. The van der Waals surface area contributed by atoms with Crippen LogP contribution in [-0.2, 0) is 0 Å². The number of halogens is 2. The zero-order valence-electron chi connectivity index (χ0n) is 14.1. The quantitative estimate of drug-likeness (QED) is 0.853. The molecular weight excluding hydrogens is 343 g/mol. The highest BCUT2D eigenvalue weighted by atomic mass is 35.5. The predicted molar refractivity (Wildman–Crippen MR) is 98.0 cm³/mol. The molecule has 0 aliphatic carbocycles. The van der Waals surface area contributed by atoms with Crippen LogP contribution in [0.1, 0.15) is 18.5 Å². The second-order valence-corrected chi connectivity index (χ2v) is 6.62. The van der Waals surface area contributed by atoms with Crippen molar-refractivity contribution in [3.05, 3.63) is 58.9 Å². The Morgan fingerprint density at radius 2 is 2.04 bits per heavy atom. The number of rotatable bonds is 5. The van der Waals surface area contributed by atoms with E-state index < -0.39 is 0 Å². The number of nitrogens with zero attached hydrogens (tertiary/aromatic N) is 1. The van der Waals surface area contributed by atoms with Crippen LogP contribution in [0.15, 0.2) is 42.5 Å². The van der Waals surface area contributed by atoms with Crippen molar-refractivity contribution in [3.63, 3.8) is 0 Å². The van der Waals surface area contributed by atoms with E-state index in [0.29, 0.717) is 16.8 Å². The fraction of sp³-hybridized carbons (Fsp3) is 0.368. The van der Waals surface area contributed by atoms with Gasteiger partial charge in [0.05, 0.1) is 23.4 Å². The highest BCUT2D eigenvalue weighted by molar-refractivity contribution is 6.33. The number of hydrogen-bond acceptors (Lipinski definition) is 4. The van der Waals surface area contributed by atoms with Gasteiger partial charge in [-0.15, -0.1) is 0 Å². The molecule has 1 saturated heterocycles. The lowest BCUT2D eigenvalue weighted by Gasteiger charge is -2.41. The normalized spacial score (nSPS) is 20.6. The Bertz CT molecular complexity index is 711. The Morgan fingerprint density at radius 3 is 2.72 bits per heavy atom. The van der Waals surface area contributed by atoms with E-state index in [9.17, 15) is 4.39 Å². The minimum atomic E-state index is -0.240. The van der Waals surface area contributed by atoms with Crippen LogP contribution in [0.5, 0.6) is 5.75 Å². The summed E-state index contributed by atoms with van der Waals surface area (Å²) in [6.07, 6.45) is 0. The molecule has 134 valence electrons. The fourth-order valence-corrected chi connectivity index (χ4v) is 3.41. The maximum Gasteiger partial charge on any atom is 0.123 e. The first-order chi connectivity index (χ1) is 12.1. The van der Waals surface area contributed by atoms with Crippen molar-refractivity contribution >= 4 is 17.3 Å². The molecule has 2 N–H and O–H groups in total. The summed E-state index contributed by atoms with van der Waals surface area (Å²) in [4.78, 5) is 2.24. The minimum absolute atomic E-state index is 0.0404. The van der Waals surface area contributed by atoms with Gasteiger partial charge in [0.2, 0.25) is 0 Å². The van der Waals surface area contributed by atoms with Gasteiger partial charge in [0.25, 0.3) is 0 Å². The number of aliphatic hydroxyl groups is 1. The van der Waals surface area contributed by atoms with Crippen molar-refractivity contribution in [1.82, 2.24) is 5.32 Å². The molecule has 4 nitrogen and oxygen atoms in total. The minimum Gasteiger partial charge on any atom is -0.491 e. The van der Waals surface area contributed by atoms with Crippen molar-refractivity contribution in [2.45, 2.75) is 19.0 Å². The molecule has 0 saturated carbocycles. The smallest absolute Gasteiger partial charge is 0.123 e. The van der Waals surface area contributed by atoms with Gasteiger partial charge in [-0.25, -0.2) is 4.39 Å². The van der Waals surface area contributed by atoms with Crippen LogP contribution >= 0.6 is 11.6 Å². The molecule has 0 aromatic heterocycles. The maximum atomic E-state index is 13.3. The Balaban J connectivity index is 1.89. The van der Waals surface area contributed by atoms with E-state index in [1.54, 1.807) is 6.07 Å².